The van der Waals surface area contributed by atoms with Gasteiger partial charge in [-0.2, -0.15) is 0 Å². The van der Waals surface area contributed by atoms with Crippen LogP contribution in [0.15, 0.2) is 51.7 Å². The van der Waals surface area contributed by atoms with Gasteiger partial charge in [-0.05, 0) is 30.5 Å². The highest BCUT2D eigenvalue weighted by molar-refractivity contribution is 8.00. The standard InChI is InChI=1S/C17H16N4O3S2/c1-10(14(22)20-16(24)18-2)26-17-19-12-8-9-25-13(12)15(23)21(17)11-6-4-3-5-7-11/h3-10H,1-2H3,(H2,18,20,22,24)/t10-/m0/s1. The Balaban J connectivity index is 2.03. The monoisotopic (exact) mass is 388 g/mol. The molecule has 2 heterocycles. The molecule has 134 valence electrons. The smallest absolute Gasteiger partial charge is 0.321 e. The van der Waals surface area contributed by atoms with Gasteiger partial charge in [0.1, 0.15) is 4.70 Å². The van der Waals surface area contributed by atoms with E-state index in [2.05, 4.69) is 15.6 Å². The second-order valence-corrected chi connectivity index (χ2v) is 7.56. The molecule has 26 heavy (non-hydrogen) atoms. The second-order valence-electron chi connectivity index (χ2n) is 5.33. The Hall–Kier alpha value is -2.65. The maximum absolute atomic E-state index is 12.9. The fraction of sp³-hybridized carbons (Fsp3) is 0.176. The predicted octanol–water partition coefficient (Wildman–Crippen LogP) is 2.38. The van der Waals surface area contributed by atoms with E-state index in [-0.39, 0.29) is 5.56 Å². The van der Waals surface area contributed by atoms with Crippen molar-refractivity contribution in [2.45, 2.75) is 17.3 Å². The Labute approximate surface area is 157 Å². The Morgan fingerprint density at radius 2 is 1.96 bits per heavy atom. The number of hydrogen-bond donors (Lipinski definition) is 2. The normalized spacial score (nSPS) is 11.9. The van der Waals surface area contributed by atoms with E-state index in [1.165, 1.54) is 23.0 Å². The lowest BCUT2D eigenvalue weighted by Crippen LogP contribution is -2.41. The molecule has 3 aromatic rings. The first-order valence-corrected chi connectivity index (χ1v) is 9.52. The Kier molecular flexibility index (Phi) is 5.38. The van der Waals surface area contributed by atoms with Crippen molar-refractivity contribution >= 4 is 45.3 Å². The van der Waals surface area contributed by atoms with Crippen LogP contribution in [0.1, 0.15) is 6.92 Å². The number of hydrogen-bond acceptors (Lipinski definition) is 6. The lowest BCUT2D eigenvalue weighted by molar-refractivity contribution is -0.119. The highest BCUT2D eigenvalue weighted by atomic mass is 32.2. The van der Waals surface area contributed by atoms with E-state index in [0.29, 0.717) is 21.1 Å². The molecule has 0 fully saturated rings. The third kappa shape index (κ3) is 3.63. The molecule has 0 saturated heterocycles. The minimum absolute atomic E-state index is 0.183. The van der Waals surface area contributed by atoms with Crippen molar-refractivity contribution in [2.24, 2.45) is 0 Å². The molecule has 3 rings (SSSR count). The molecule has 3 amide bonds. The molecule has 0 aliphatic rings. The zero-order chi connectivity index (χ0) is 18.7. The molecule has 0 bridgehead atoms. The molecule has 0 unspecified atom stereocenters. The molecule has 0 radical (unpaired) electrons. The van der Waals surface area contributed by atoms with Crippen LogP contribution in [0.2, 0.25) is 0 Å². The molecule has 1 aromatic carbocycles. The van der Waals surface area contributed by atoms with Crippen molar-refractivity contribution in [1.29, 1.82) is 0 Å². The van der Waals surface area contributed by atoms with Crippen molar-refractivity contribution < 1.29 is 9.59 Å². The lowest BCUT2D eigenvalue weighted by atomic mass is 10.3. The zero-order valence-electron chi connectivity index (χ0n) is 14.1. The third-order valence-electron chi connectivity index (χ3n) is 3.58. The molecule has 7 nitrogen and oxygen atoms in total. The van der Waals surface area contributed by atoms with Gasteiger partial charge >= 0.3 is 6.03 Å². The van der Waals surface area contributed by atoms with E-state index in [9.17, 15) is 14.4 Å². The van der Waals surface area contributed by atoms with Gasteiger partial charge in [0.2, 0.25) is 5.91 Å². The average molecular weight is 388 g/mol. The van der Waals surface area contributed by atoms with Crippen LogP contribution in [-0.4, -0.2) is 33.8 Å². The topological polar surface area (TPSA) is 93.1 Å². The molecule has 0 saturated carbocycles. The van der Waals surface area contributed by atoms with Gasteiger partial charge in [0.05, 0.1) is 16.5 Å². The van der Waals surface area contributed by atoms with Crippen LogP contribution in [0.25, 0.3) is 15.9 Å². The van der Waals surface area contributed by atoms with Crippen LogP contribution in [0.3, 0.4) is 0 Å². The number of rotatable bonds is 4. The Morgan fingerprint density at radius 1 is 1.23 bits per heavy atom. The summed E-state index contributed by atoms with van der Waals surface area (Å²) in [5.74, 6) is -0.464. The Morgan fingerprint density at radius 3 is 2.65 bits per heavy atom. The highest BCUT2D eigenvalue weighted by Gasteiger charge is 2.21. The fourth-order valence-electron chi connectivity index (χ4n) is 2.26. The summed E-state index contributed by atoms with van der Waals surface area (Å²) in [5, 5.41) is 6.15. The SMILES string of the molecule is CNC(=O)NC(=O)[C@H](C)Sc1nc2ccsc2c(=O)n1-c1ccccc1. The van der Waals surface area contributed by atoms with Crippen LogP contribution >= 0.6 is 23.1 Å². The molecule has 2 aromatic heterocycles. The first kappa shape index (κ1) is 18.2. The van der Waals surface area contributed by atoms with Crippen LogP contribution in [0.4, 0.5) is 4.79 Å². The van der Waals surface area contributed by atoms with Gasteiger partial charge in [-0.1, -0.05) is 30.0 Å². The molecule has 0 spiro atoms. The van der Waals surface area contributed by atoms with Gasteiger partial charge in [0.25, 0.3) is 5.56 Å². The molecule has 1 atom stereocenters. The largest absolute Gasteiger partial charge is 0.341 e. The van der Waals surface area contributed by atoms with Gasteiger partial charge in [0, 0.05) is 7.05 Å². The number of para-hydroxylation sites is 1. The van der Waals surface area contributed by atoms with Gasteiger partial charge in [0.15, 0.2) is 5.16 Å². The maximum atomic E-state index is 12.9. The summed E-state index contributed by atoms with van der Waals surface area (Å²) >= 11 is 2.45. The maximum Gasteiger partial charge on any atom is 0.321 e. The number of fused-ring (bicyclic) bond motifs is 1. The third-order valence-corrected chi connectivity index (χ3v) is 5.52. The van der Waals surface area contributed by atoms with Gasteiger partial charge < -0.3 is 5.32 Å². The number of nitrogens with one attached hydrogen (secondary N) is 2. The number of amides is 3. The number of nitrogens with zero attached hydrogens (tertiary/aromatic N) is 2. The van der Waals surface area contributed by atoms with Crippen molar-refractivity contribution in [1.82, 2.24) is 20.2 Å². The average Bonchev–Trinajstić information content (AvgIpc) is 3.11. The van der Waals surface area contributed by atoms with E-state index >= 15 is 0 Å². The minimum atomic E-state index is -0.620. The zero-order valence-corrected chi connectivity index (χ0v) is 15.7. The summed E-state index contributed by atoms with van der Waals surface area (Å²) in [6.07, 6.45) is 0. The number of aromatic nitrogens is 2. The van der Waals surface area contributed by atoms with E-state index < -0.39 is 17.2 Å². The first-order valence-electron chi connectivity index (χ1n) is 7.76. The summed E-state index contributed by atoms with van der Waals surface area (Å²) < 4.78 is 2.05. The molecular weight excluding hydrogens is 372 g/mol. The molecule has 0 aliphatic heterocycles. The number of urea groups is 1. The Bertz CT molecular complexity index is 1010. The minimum Gasteiger partial charge on any atom is -0.341 e. The number of thiophene rings is 1. The van der Waals surface area contributed by atoms with Crippen LogP contribution in [0.5, 0.6) is 0 Å². The quantitative estimate of drug-likeness (QED) is 0.529. The van der Waals surface area contributed by atoms with E-state index in [4.69, 9.17) is 0 Å². The van der Waals surface area contributed by atoms with Crippen molar-refractivity contribution in [2.75, 3.05) is 7.05 Å². The number of carbonyl (C=O) groups is 2. The van der Waals surface area contributed by atoms with Gasteiger partial charge in [-0.15, -0.1) is 11.3 Å². The van der Waals surface area contributed by atoms with Crippen molar-refractivity contribution in [3.05, 3.63) is 52.1 Å². The summed E-state index contributed by atoms with van der Waals surface area (Å²) in [5.41, 5.74) is 1.08. The van der Waals surface area contributed by atoms with Crippen molar-refractivity contribution in [3.63, 3.8) is 0 Å². The predicted molar refractivity (Wildman–Crippen MR) is 103 cm³/mol. The lowest BCUT2D eigenvalue weighted by Gasteiger charge is -2.15. The molecule has 2 N–H and O–H groups in total. The van der Waals surface area contributed by atoms with E-state index in [1.54, 1.807) is 13.0 Å². The summed E-state index contributed by atoms with van der Waals surface area (Å²) in [4.78, 5) is 41.0. The summed E-state index contributed by atoms with van der Waals surface area (Å²) in [6.45, 7) is 1.66. The van der Waals surface area contributed by atoms with Gasteiger partial charge in [-0.25, -0.2) is 9.78 Å². The summed E-state index contributed by atoms with van der Waals surface area (Å²) in [6, 6.07) is 10.3. The number of imide groups is 1. The van der Waals surface area contributed by atoms with Crippen LogP contribution in [0, 0.1) is 0 Å². The van der Waals surface area contributed by atoms with Crippen LogP contribution < -0.4 is 16.2 Å². The number of benzene rings is 1. The van der Waals surface area contributed by atoms with E-state index in [1.807, 2.05) is 35.7 Å². The molecular formula is C17H16N4O3S2. The van der Waals surface area contributed by atoms with Gasteiger partial charge in [-0.3, -0.25) is 19.5 Å². The molecule has 9 heteroatoms. The first-order chi connectivity index (χ1) is 12.5. The summed E-state index contributed by atoms with van der Waals surface area (Å²) in [7, 11) is 1.43. The highest BCUT2D eigenvalue weighted by Crippen LogP contribution is 2.26. The molecule has 0 aliphatic carbocycles. The van der Waals surface area contributed by atoms with E-state index in [0.717, 1.165) is 11.8 Å². The second kappa shape index (κ2) is 7.71. The number of carbonyl (C=O) groups excluding carboxylic acids is 2. The van der Waals surface area contributed by atoms with Crippen LogP contribution in [-0.2, 0) is 4.79 Å². The fourth-order valence-corrected chi connectivity index (χ4v) is 3.95. The van der Waals surface area contributed by atoms with Crippen molar-refractivity contribution in [3.8, 4) is 5.69 Å². The number of thioether (sulfide) groups is 1.